The number of carbonyl (C=O) groups excluding carboxylic acids is 1. The highest BCUT2D eigenvalue weighted by Crippen LogP contribution is 2.36. The van der Waals surface area contributed by atoms with Gasteiger partial charge in [0.15, 0.2) is 10.5 Å². The molecule has 0 atom stereocenters. The summed E-state index contributed by atoms with van der Waals surface area (Å²) in [5, 5.41) is 10.9. The fourth-order valence-electron chi connectivity index (χ4n) is 3.14. The van der Waals surface area contributed by atoms with Gasteiger partial charge in [0, 0.05) is 11.1 Å². The van der Waals surface area contributed by atoms with Gasteiger partial charge in [0.05, 0.1) is 18.5 Å². The maximum absolute atomic E-state index is 12.6. The molecule has 7 nitrogen and oxygen atoms in total. The van der Waals surface area contributed by atoms with Crippen LogP contribution in [-0.2, 0) is 9.53 Å². The second-order valence-corrected chi connectivity index (χ2v) is 6.58. The van der Waals surface area contributed by atoms with E-state index in [9.17, 15) is 14.7 Å². The highest BCUT2D eigenvalue weighted by Gasteiger charge is 2.28. The second kappa shape index (κ2) is 7.33. The van der Waals surface area contributed by atoms with E-state index < -0.39 is 11.5 Å². The van der Waals surface area contributed by atoms with Gasteiger partial charge in [-0.25, -0.2) is 9.79 Å². The standard InChI is InChI=1S/C21H15N3O4S/c1-28-20(27)17-14(13-9-5-6-10-16(13)22-17)11-15-18(25)23-21(29)24(19(15)26)12-7-3-2-4-8-12/h2-11,26H,1H3,(H,23,25,29). The first-order valence-corrected chi connectivity index (χ1v) is 9.04. The summed E-state index contributed by atoms with van der Waals surface area (Å²) in [5.74, 6) is -0.981. The summed E-state index contributed by atoms with van der Waals surface area (Å²) in [6, 6.07) is 16.0. The third-order valence-corrected chi connectivity index (χ3v) is 4.77. The number of fused-ring (bicyclic) bond motifs is 1. The first-order chi connectivity index (χ1) is 14.0. The number of aliphatic imine (C=N–C) groups is 1. The molecule has 4 rings (SSSR count). The zero-order valence-corrected chi connectivity index (χ0v) is 16.1. The highest BCUT2D eigenvalue weighted by atomic mass is 32.1. The fourth-order valence-corrected chi connectivity index (χ4v) is 3.42. The molecule has 144 valence electrons. The molecule has 0 spiro atoms. The monoisotopic (exact) mass is 405 g/mol. The van der Waals surface area contributed by atoms with E-state index in [1.807, 2.05) is 6.07 Å². The molecule has 1 aliphatic rings. The van der Waals surface area contributed by atoms with Gasteiger partial charge >= 0.3 is 5.97 Å². The molecule has 2 aromatic carbocycles. The van der Waals surface area contributed by atoms with Crippen molar-refractivity contribution in [3.63, 3.8) is 0 Å². The number of aromatic amines is 1. The number of H-pyrrole nitrogens is 1. The predicted octanol–water partition coefficient (Wildman–Crippen LogP) is 3.40. The molecule has 0 saturated heterocycles. The van der Waals surface area contributed by atoms with Crippen LogP contribution in [0.15, 0.2) is 64.4 Å². The lowest BCUT2D eigenvalue weighted by atomic mass is 10.0. The lowest BCUT2D eigenvalue weighted by Gasteiger charge is -2.12. The number of nitrogens with zero attached hydrogens (tertiary/aromatic N) is 2. The van der Waals surface area contributed by atoms with Gasteiger partial charge in [-0.15, -0.1) is 0 Å². The number of para-hydroxylation sites is 2. The zero-order valence-electron chi connectivity index (χ0n) is 15.2. The number of hydrogen-bond donors (Lipinski definition) is 2. The minimum atomic E-state index is -0.640. The minimum Gasteiger partial charge on any atom is -0.494 e. The summed E-state index contributed by atoms with van der Waals surface area (Å²) in [5.41, 5.74) is 1.61. The number of benzene rings is 2. The molecule has 8 heteroatoms. The number of esters is 1. The smallest absolute Gasteiger partial charge is 0.357 e. The average molecular weight is 405 g/mol. The Hall–Kier alpha value is -3.78. The van der Waals surface area contributed by atoms with E-state index in [-0.39, 0.29) is 21.9 Å². The molecular formula is C21H15N3O4S. The van der Waals surface area contributed by atoms with Crippen LogP contribution in [0.4, 0.5) is 5.69 Å². The van der Waals surface area contributed by atoms with Gasteiger partial charge in [-0.05, 0) is 36.5 Å². The van der Waals surface area contributed by atoms with Gasteiger partial charge in [-0.3, -0.25) is 14.3 Å². The number of nitrogens with one attached hydrogen (secondary N) is 1. The van der Waals surface area contributed by atoms with Crippen LogP contribution in [-0.4, -0.2) is 33.4 Å². The summed E-state index contributed by atoms with van der Waals surface area (Å²) in [6.45, 7) is 0. The molecule has 0 unspecified atom stereocenters. The van der Waals surface area contributed by atoms with E-state index >= 15 is 0 Å². The first kappa shape index (κ1) is 18.6. The SMILES string of the molecule is COC(=O)C1=Nc2ccccc2C1=Cc1c(O)n(-c2ccccc2)c(=S)[nH]c1=O. The number of methoxy groups -OCH3 is 1. The summed E-state index contributed by atoms with van der Waals surface area (Å²) in [6.07, 6.45) is 1.42. The number of hydrogen-bond acceptors (Lipinski definition) is 6. The number of rotatable bonds is 3. The molecule has 2 heterocycles. The van der Waals surface area contributed by atoms with Crippen LogP contribution < -0.4 is 5.56 Å². The van der Waals surface area contributed by atoms with Crippen molar-refractivity contribution in [3.05, 3.63) is 80.8 Å². The summed E-state index contributed by atoms with van der Waals surface area (Å²) < 4.78 is 6.22. The van der Waals surface area contributed by atoms with Gasteiger partial charge in [-0.2, -0.15) is 0 Å². The van der Waals surface area contributed by atoms with Gasteiger partial charge in [0.2, 0.25) is 5.88 Å². The van der Waals surface area contributed by atoms with E-state index in [1.54, 1.807) is 48.5 Å². The van der Waals surface area contributed by atoms with Crippen molar-refractivity contribution in [2.24, 2.45) is 4.99 Å². The van der Waals surface area contributed by atoms with Gasteiger partial charge < -0.3 is 9.84 Å². The van der Waals surface area contributed by atoms with Crippen LogP contribution in [0.1, 0.15) is 11.1 Å². The lowest BCUT2D eigenvalue weighted by molar-refractivity contribution is -0.132. The first-order valence-electron chi connectivity index (χ1n) is 8.63. The Morgan fingerprint density at radius 2 is 1.86 bits per heavy atom. The summed E-state index contributed by atoms with van der Waals surface area (Å²) in [7, 11) is 1.26. The second-order valence-electron chi connectivity index (χ2n) is 6.19. The van der Waals surface area contributed by atoms with Crippen molar-refractivity contribution in [2.75, 3.05) is 7.11 Å². The molecule has 0 aliphatic carbocycles. The Bertz CT molecular complexity index is 1300. The minimum absolute atomic E-state index is 0.0502. The Balaban J connectivity index is 1.97. The highest BCUT2D eigenvalue weighted by molar-refractivity contribution is 7.71. The number of ether oxygens (including phenoxy) is 1. The van der Waals surface area contributed by atoms with Gasteiger partial charge in [0.25, 0.3) is 5.56 Å². The Labute approximate surface area is 170 Å². The van der Waals surface area contributed by atoms with Crippen molar-refractivity contribution in [1.29, 1.82) is 0 Å². The molecule has 0 saturated carbocycles. The topological polar surface area (TPSA) is 96.7 Å². The van der Waals surface area contributed by atoms with Crippen LogP contribution in [0.3, 0.4) is 0 Å². The van der Waals surface area contributed by atoms with E-state index in [2.05, 4.69) is 9.98 Å². The molecular weight excluding hydrogens is 390 g/mol. The average Bonchev–Trinajstić information content (AvgIpc) is 3.09. The normalized spacial score (nSPS) is 13.8. The summed E-state index contributed by atoms with van der Waals surface area (Å²) in [4.78, 5) is 31.7. The quantitative estimate of drug-likeness (QED) is 0.514. The lowest BCUT2D eigenvalue weighted by Crippen LogP contribution is -2.18. The van der Waals surface area contributed by atoms with Crippen molar-refractivity contribution in [1.82, 2.24) is 9.55 Å². The van der Waals surface area contributed by atoms with Crippen molar-refractivity contribution in [2.45, 2.75) is 0 Å². The molecule has 1 aromatic heterocycles. The molecule has 1 aliphatic heterocycles. The Morgan fingerprint density at radius 1 is 1.17 bits per heavy atom. The maximum Gasteiger partial charge on any atom is 0.357 e. The molecule has 29 heavy (non-hydrogen) atoms. The van der Waals surface area contributed by atoms with Gasteiger partial charge in [0.1, 0.15) is 5.56 Å². The van der Waals surface area contributed by atoms with Crippen LogP contribution in [0.2, 0.25) is 0 Å². The van der Waals surface area contributed by atoms with E-state index in [1.165, 1.54) is 17.8 Å². The summed E-state index contributed by atoms with van der Waals surface area (Å²) >= 11 is 5.23. The Kier molecular flexibility index (Phi) is 4.69. The fraction of sp³-hybridized carbons (Fsp3) is 0.0476. The molecule has 0 fully saturated rings. The van der Waals surface area contributed by atoms with Crippen LogP contribution in [0.25, 0.3) is 17.3 Å². The third kappa shape index (κ3) is 3.19. The van der Waals surface area contributed by atoms with Crippen molar-refractivity contribution < 1.29 is 14.6 Å². The van der Waals surface area contributed by atoms with Gasteiger partial charge in [-0.1, -0.05) is 36.4 Å². The van der Waals surface area contributed by atoms with Crippen LogP contribution in [0.5, 0.6) is 5.88 Å². The molecule has 0 amide bonds. The number of carbonyl (C=O) groups is 1. The van der Waals surface area contributed by atoms with E-state index in [0.29, 0.717) is 22.5 Å². The van der Waals surface area contributed by atoms with Crippen molar-refractivity contribution in [3.8, 4) is 11.6 Å². The van der Waals surface area contributed by atoms with E-state index in [4.69, 9.17) is 17.0 Å². The number of aromatic hydroxyl groups is 1. The number of aromatic nitrogens is 2. The molecule has 0 bridgehead atoms. The largest absolute Gasteiger partial charge is 0.494 e. The van der Waals surface area contributed by atoms with Crippen molar-refractivity contribution >= 4 is 41.2 Å². The molecule has 0 radical (unpaired) electrons. The van der Waals surface area contributed by atoms with Crippen LogP contribution >= 0.6 is 12.2 Å². The third-order valence-electron chi connectivity index (χ3n) is 4.48. The Morgan fingerprint density at radius 3 is 2.59 bits per heavy atom. The molecule has 3 aromatic rings. The van der Waals surface area contributed by atoms with Crippen LogP contribution in [0, 0.1) is 4.77 Å². The molecule has 2 N–H and O–H groups in total. The predicted molar refractivity (Wildman–Crippen MR) is 112 cm³/mol. The van der Waals surface area contributed by atoms with E-state index in [0.717, 1.165) is 0 Å². The maximum atomic E-state index is 12.6. The zero-order chi connectivity index (χ0) is 20.5.